The fourth-order valence-electron chi connectivity index (χ4n) is 5.24. The molecule has 1 aliphatic carbocycles. The van der Waals surface area contributed by atoms with Crippen molar-refractivity contribution in [2.75, 3.05) is 18.1 Å². The number of hydrogen-bond donors (Lipinski definition) is 1. The zero-order valence-corrected chi connectivity index (χ0v) is 24.0. The summed E-state index contributed by atoms with van der Waals surface area (Å²) in [7, 11) is -4.26. The maximum atomic E-state index is 13.4. The van der Waals surface area contributed by atoms with Crippen molar-refractivity contribution >= 4 is 21.7 Å². The molecule has 222 valence electrons. The quantitative estimate of drug-likeness (QED) is 0.396. The molecular weight excluding hydrogens is 573 g/mol. The van der Waals surface area contributed by atoms with E-state index >= 15 is 0 Å². The van der Waals surface area contributed by atoms with Gasteiger partial charge in [0.2, 0.25) is 5.88 Å². The van der Waals surface area contributed by atoms with Crippen molar-refractivity contribution in [2.24, 2.45) is 11.3 Å². The van der Waals surface area contributed by atoms with Gasteiger partial charge in [0.1, 0.15) is 17.8 Å². The van der Waals surface area contributed by atoms with Crippen LogP contribution < -0.4 is 14.4 Å². The largest absolute Gasteiger partial charge is 0.476 e. The van der Waals surface area contributed by atoms with Crippen LogP contribution in [0.3, 0.4) is 0 Å². The third-order valence-electron chi connectivity index (χ3n) is 7.71. The highest BCUT2D eigenvalue weighted by molar-refractivity contribution is 7.90. The smallest absolute Gasteiger partial charge is 0.397 e. The summed E-state index contributed by atoms with van der Waals surface area (Å²) in [4.78, 5) is 19.8. The minimum absolute atomic E-state index is 0.000621. The number of aromatic nitrogens is 3. The Kier molecular flexibility index (Phi) is 7.21. The number of amides is 1. The molecule has 14 heteroatoms. The number of nitrogens with zero attached hydrogens (tertiary/aromatic N) is 5. The van der Waals surface area contributed by atoms with Gasteiger partial charge in [0, 0.05) is 24.3 Å². The lowest BCUT2D eigenvalue weighted by atomic mass is 9.97. The lowest BCUT2D eigenvalue weighted by Gasteiger charge is -2.34. The molecule has 0 spiro atoms. The Balaban J connectivity index is 1.44. The van der Waals surface area contributed by atoms with Crippen molar-refractivity contribution in [3.05, 3.63) is 59.8 Å². The molecule has 1 saturated heterocycles. The first-order valence-electron chi connectivity index (χ1n) is 13.3. The van der Waals surface area contributed by atoms with Crippen LogP contribution in [0.4, 0.5) is 19.0 Å². The molecule has 1 N–H and O–H groups in total. The topological polar surface area (TPSA) is 130 Å². The van der Waals surface area contributed by atoms with Gasteiger partial charge in [0.25, 0.3) is 15.9 Å². The highest BCUT2D eigenvalue weighted by Gasteiger charge is 2.64. The number of carbonyl (C=O) groups is 1. The van der Waals surface area contributed by atoms with Gasteiger partial charge in [-0.05, 0) is 75.4 Å². The molecular formula is C28H29F3N6O4S. The number of benzene rings is 1. The lowest BCUT2D eigenvalue weighted by molar-refractivity contribution is -0.194. The summed E-state index contributed by atoms with van der Waals surface area (Å²) in [6.45, 7) is 6.08. The maximum absolute atomic E-state index is 13.4. The number of hydrogen-bond acceptors (Lipinski definition) is 8. The molecule has 42 heavy (non-hydrogen) atoms. The number of nitriles is 1. The highest BCUT2D eigenvalue weighted by Crippen LogP contribution is 2.57. The van der Waals surface area contributed by atoms with Gasteiger partial charge >= 0.3 is 6.18 Å². The number of halogens is 3. The van der Waals surface area contributed by atoms with Crippen LogP contribution in [0.5, 0.6) is 5.88 Å². The number of rotatable bonds is 8. The summed E-state index contributed by atoms with van der Waals surface area (Å²) < 4.78 is 74.6. The van der Waals surface area contributed by atoms with Crippen molar-refractivity contribution in [2.45, 2.75) is 56.6 Å². The summed E-state index contributed by atoms with van der Waals surface area (Å²) in [6.07, 6.45) is -2.05. The number of alkyl halides is 3. The first-order valence-corrected chi connectivity index (χ1v) is 14.7. The van der Waals surface area contributed by atoms with Gasteiger partial charge in [-0.1, -0.05) is 6.92 Å². The average Bonchev–Trinajstić information content (AvgIpc) is 3.50. The van der Waals surface area contributed by atoms with Crippen molar-refractivity contribution in [1.29, 1.82) is 5.26 Å². The third kappa shape index (κ3) is 5.65. The normalized spacial score (nSPS) is 19.3. The molecule has 0 radical (unpaired) electrons. The number of carbonyl (C=O) groups excluding carboxylic acids is 1. The van der Waals surface area contributed by atoms with Gasteiger partial charge in [-0.25, -0.2) is 22.8 Å². The second kappa shape index (κ2) is 10.3. The Bertz CT molecular complexity index is 1660. The van der Waals surface area contributed by atoms with Gasteiger partial charge in [-0.2, -0.15) is 18.4 Å². The van der Waals surface area contributed by atoms with E-state index in [0.29, 0.717) is 6.54 Å². The Labute approximate surface area is 241 Å². The van der Waals surface area contributed by atoms with Crippen molar-refractivity contribution in [3.63, 3.8) is 0 Å². The minimum atomic E-state index is -4.35. The van der Waals surface area contributed by atoms with Crippen molar-refractivity contribution < 1.29 is 31.1 Å². The van der Waals surface area contributed by atoms with Crippen LogP contribution in [0.2, 0.25) is 0 Å². The molecule has 10 nitrogen and oxygen atoms in total. The van der Waals surface area contributed by atoms with Gasteiger partial charge in [-0.15, -0.1) is 5.10 Å². The number of nitrogens with one attached hydrogen (secondary N) is 1. The van der Waals surface area contributed by atoms with Gasteiger partial charge in [0.15, 0.2) is 5.82 Å². The van der Waals surface area contributed by atoms with E-state index in [2.05, 4.69) is 21.7 Å². The summed E-state index contributed by atoms with van der Waals surface area (Å²) >= 11 is 0. The van der Waals surface area contributed by atoms with E-state index in [0.717, 1.165) is 6.42 Å². The van der Waals surface area contributed by atoms with Crippen molar-refractivity contribution in [1.82, 2.24) is 19.5 Å². The van der Waals surface area contributed by atoms with Crippen molar-refractivity contribution in [3.8, 4) is 17.8 Å². The zero-order chi connectivity index (χ0) is 30.5. The predicted molar refractivity (Wildman–Crippen MR) is 146 cm³/mol. The molecule has 1 amide bonds. The molecule has 0 unspecified atom stereocenters. The second-order valence-corrected chi connectivity index (χ2v) is 13.2. The third-order valence-corrected chi connectivity index (χ3v) is 9.05. The van der Waals surface area contributed by atoms with E-state index in [1.807, 2.05) is 24.8 Å². The van der Waals surface area contributed by atoms with Crippen LogP contribution in [0, 0.1) is 22.7 Å². The number of ether oxygens (including phenoxy) is 1. The van der Waals surface area contributed by atoms with Crippen LogP contribution in [0.25, 0.3) is 5.82 Å². The minimum Gasteiger partial charge on any atom is -0.476 e. The second-order valence-electron chi connectivity index (χ2n) is 11.5. The first kappa shape index (κ1) is 29.4. The molecule has 1 saturated carbocycles. The van der Waals surface area contributed by atoms with Gasteiger partial charge in [0.05, 0.1) is 22.1 Å². The van der Waals surface area contributed by atoms with Crippen LogP contribution in [-0.2, 0) is 10.0 Å². The molecule has 0 bridgehead atoms. The predicted octanol–water partition coefficient (Wildman–Crippen LogP) is 4.60. The summed E-state index contributed by atoms with van der Waals surface area (Å²) in [6, 6.07) is 11.4. The molecule has 3 heterocycles. The van der Waals surface area contributed by atoms with E-state index in [1.165, 1.54) is 53.3 Å². The molecule has 1 aromatic carbocycles. The zero-order valence-electron chi connectivity index (χ0n) is 23.1. The lowest BCUT2D eigenvalue weighted by Crippen LogP contribution is -2.41. The number of anilines is 1. The number of sulfonamides is 1. The molecule has 1 atom stereocenters. The Morgan fingerprint density at radius 3 is 2.43 bits per heavy atom. The fraction of sp³-hybridized carbons (Fsp3) is 0.429. The monoisotopic (exact) mass is 602 g/mol. The van der Waals surface area contributed by atoms with Gasteiger partial charge < -0.3 is 9.64 Å². The van der Waals surface area contributed by atoms with E-state index in [9.17, 15) is 26.4 Å². The van der Waals surface area contributed by atoms with E-state index in [1.54, 1.807) is 0 Å². The molecule has 2 aromatic heterocycles. The van der Waals surface area contributed by atoms with Crippen LogP contribution in [0.15, 0.2) is 53.6 Å². The summed E-state index contributed by atoms with van der Waals surface area (Å²) in [5, 5.41) is 13.2. The molecule has 2 aliphatic rings. The number of pyridine rings is 1. The van der Waals surface area contributed by atoms with E-state index < -0.39 is 39.7 Å². The Morgan fingerprint density at radius 1 is 1.17 bits per heavy atom. The molecule has 1 aliphatic heterocycles. The summed E-state index contributed by atoms with van der Waals surface area (Å²) in [5.74, 6) is -0.133. The fourth-order valence-corrected chi connectivity index (χ4v) is 6.20. The Morgan fingerprint density at radius 2 is 1.86 bits per heavy atom. The van der Waals surface area contributed by atoms with Crippen LogP contribution in [-0.4, -0.2) is 54.0 Å². The van der Waals surface area contributed by atoms with Crippen LogP contribution >= 0.6 is 0 Å². The van der Waals surface area contributed by atoms with Gasteiger partial charge in [-0.3, -0.25) is 4.79 Å². The first-order chi connectivity index (χ1) is 19.6. The SMILES string of the molecule is C[C@@H]1CN(c2nc(-n3ccc(OCC4(C(F)(F)F)CC4)n3)ccc2C(=O)NS(=O)(=O)c2ccc(C#N)cc2)C(C)(C)C1. The average molecular weight is 603 g/mol. The van der Waals surface area contributed by atoms with E-state index in [-0.39, 0.29) is 52.3 Å². The highest BCUT2D eigenvalue weighted by atomic mass is 32.2. The van der Waals surface area contributed by atoms with E-state index in [4.69, 9.17) is 10.00 Å². The molecule has 2 fully saturated rings. The molecule has 5 rings (SSSR count). The summed E-state index contributed by atoms with van der Waals surface area (Å²) in [5.41, 5.74) is -1.97. The Hall–Kier alpha value is -4.12. The standard InChI is InChI=1S/C28H29F3N6O4S/c1-18-14-26(2,3)36(16-18)24-21(25(38)35-42(39,40)20-6-4-19(15-32)5-7-20)8-9-22(33-24)37-13-10-23(34-37)41-17-27(11-12-27)28(29,30)31/h4-10,13,18H,11-12,14,16-17H2,1-3H3,(H,35,38)/t18-/m0/s1. The maximum Gasteiger partial charge on any atom is 0.397 e. The molecule has 3 aromatic rings. The van der Waals surface area contributed by atoms with Crippen LogP contribution in [0.1, 0.15) is 56.0 Å².